The van der Waals surface area contributed by atoms with Gasteiger partial charge in [-0.15, -0.1) is 0 Å². The number of rotatable bonds is 4. The number of aryl methyl sites for hydroxylation is 1. The minimum Gasteiger partial charge on any atom is -0.307 e. The van der Waals surface area contributed by atoms with E-state index in [0.29, 0.717) is 17.5 Å². The molecule has 0 radical (unpaired) electrons. The van der Waals surface area contributed by atoms with Crippen molar-refractivity contribution in [1.29, 1.82) is 0 Å². The van der Waals surface area contributed by atoms with Crippen LogP contribution in [0, 0.1) is 5.41 Å². The highest BCUT2D eigenvalue weighted by molar-refractivity contribution is 5.24. The molecule has 2 unspecified atom stereocenters. The Morgan fingerprint density at radius 1 is 1.21 bits per heavy atom. The molecule has 0 heterocycles. The smallest absolute Gasteiger partial charge is 0.0294 e. The fraction of sp³-hybridized carbons (Fsp3) is 0.667. The molecule has 0 amide bonds. The van der Waals surface area contributed by atoms with Gasteiger partial charge in [-0.1, -0.05) is 57.9 Å². The second kappa shape index (κ2) is 6.09. The highest BCUT2D eigenvalue weighted by Crippen LogP contribution is 2.36. The van der Waals surface area contributed by atoms with E-state index < -0.39 is 0 Å². The zero-order chi connectivity index (χ0) is 13.9. The van der Waals surface area contributed by atoms with Crippen LogP contribution in [0.1, 0.15) is 70.5 Å². The SMILES string of the molecule is CCc1ccc(C(C)NC2CCCCC2(C)C)cc1. The zero-order valence-electron chi connectivity index (χ0n) is 13.0. The molecule has 1 aliphatic rings. The molecule has 0 saturated heterocycles. The maximum atomic E-state index is 3.86. The molecule has 1 heteroatoms. The number of hydrogen-bond donors (Lipinski definition) is 1. The van der Waals surface area contributed by atoms with Gasteiger partial charge < -0.3 is 5.32 Å². The van der Waals surface area contributed by atoms with Crippen LogP contribution in [0.4, 0.5) is 0 Å². The van der Waals surface area contributed by atoms with Crippen LogP contribution in [-0.2, 0) is 6.42 Å². The molecule has 1 aromatic rings. The first-order chi connectivity index (χ1) is 9.03. The van der Waals surface area contributed by atoms with Crippen molar-refractivity contribution in [2.75, 3.05) is 0 Å². The molecule has 19 heavy (non-hydrogen) atoms. The molecule has 2 atom stereocenters. The highest BCUT2D eigenvalue weighted by Gasteiger charge is 2.32. The molecule has 2 rings (SSSR count). The minimum absolute atomic E-state index is 0.440. The molecule has 1 fully saturated rings. The lowest BCUT2D eigenvalue weighted by molar-refractivity contribution is 0.157. The summed E-state index contributed by atoms with van der Waals surface area (Å²) in [6.07, 6.45) is 6.57. The van der Waals surface area contributed by atoms with Crippen LogP contribution in [0.25, 0.3) is 0 Å². The lowest BCUT2D eigenvalue weighted by Crippen LogP contribution is -2.45. The molecule has 1 N–H and O–H groups in total. The summed E-state index contributed by atoms with van der Waals surface area (Å²) in [5, 5.41) is 3.86. The van der Waals surface area contributed by atoms with Crippen molar-refractivity contribution in [2.24, 2.45) is 5.41 Å². The first-order valence-electron chi connectivity index (χ1n) is 7.88. The van der Waals surface area contributed by atoms with Crippen LogP contribution in [0.2, 0.25) is 0 Å². The monoisotopic (exact) mass is 259 g/mol. The molecule has 1 aliphatic carbocycles. The third-order valence-electron chi connectivity index (χ3n) is 4.85. The van der Waals surface area contributed by atoms with Gasteiger partial charge in [-0.25, -0.2) is 0 Å². The molecular weight excluding hydrogens is 230 g/mol. The van der Waals surface area contributed by atoms with Crippen molar-refractivity contribution in [3.63, 3.8) is 0 Å². The minimum atomic E-state index is 0.440. The van der Waals surface area contributed by atoms with Gasteiger partial charge in [-0.3, -0.25) is 0 Å². The number of hydrogen-bond acceptors (Lipinski definition) is 1. The molecule has 1 aromatic carbocycles. The van der Waals surface area contributed by atoms with Crippen molar-refractivity contribution in [1.82, 2.24) is 5.32 Å². The molecule has 0 spiro atoms. The molecule has 1 saturated carbocycles. The maximum Gasteiger partial charge on any atom is 0.0294 e. The third kappa shape index (κ3) is 3.60. The molecule has 1 nitrogen and oxygen atoms in total. The normalized spacial score (nSPS) is 24.1. The summed E-state index contributed by atoms with van der Waals surface area (Å²) in [5.74, 6) is 0. The van der Waals surface area contributed by atoms with E-state index in [1.807, 2.05) is 0 Å². The van der Waals surface area contributed by atoms with E-state index >= 15 is 0 Å². The van der Waals surface area contributed by atoms with Crippen molar-refractivity contribution < 1.29 is 0 Å². The van der Waals surface area contributed by atoms with E-state index in [1.165, 1.54) is 36.8 Å². The van der Waals surface area contributed by atoms with Crippen LogP contribution >= 0.6 is 0 Å². The van der Waals surface area contributed by atoms with Gasteiger partial charge in [-0.05, 0) is 42.7 Å². The molecule has 0 bridgehead atoms. The van der Waals surface area contributed by atoms with E-state index in [4.69, 9.17) is 0 Å². The lowest BCUT2D eigenvalue weighted by atomic mass is 9.73. The summed E-state index contributed by atoms with van der Waals surface area (Å²) < 4.78 is 0. The third-order valence-corrected chi connectivity index (χ3v) is 4.85. The van der Waals surface area contributed by atoms with E-state index in [-0.39, 0.29) is 0 Å². The molecule has 0 aromatic heterocycles. The van der Waals surface area contributed by atoms with Gasteiger partial charge in [0.05, 0.1) is 0 Å². The average Bonchev–Trinajstić information content (AvgIpc) is 2.41. The van der Waals surface area contributed by atoms with Gasteiger partial charge in [0.15, 0.2) is 0 Å². The number of nitrogens with one attached hydrogen (secondary N) is 1. The van der Waals surface area contributed by atoms with E-state index in [1.54, 1.807) is 0 Å². The Morgan fingerprint density at radius 2 is 1.89 bits per heavy atom. The second-order valence-electron chi connectivity index (χ2n) is 6.77. The Bertz CT molecular complexity index is 391. The standard InChI is InChI=1S/C18H29N/c1-5-15-9-11-16(12-10-15)14(2)19-17-8-6-7-13-18(17,3)4/h9-12,14,17,19H,5-8,13H2,1-4H3. The van der Waals surface area contributed by atoms with Crippen LogP contribution in [0.15, 0.2) is 24.3 Å². The van der Waals surface area contributed by atoms with Crippen LogP contribution in [0.3, 0.4) is 0 Å². The topological polar surface area (TPSA) is 12.0 Å². The van der Waals surface area contributed by atoms with Gasteiger partial charge in [-0.2, -0.15) is 0 Å². The Hall–Kier alpha value is -0.820. The predicted octanol–water partition coefficient (Wildman–Crippen LogP) is 4.87. The van der Waals surface area contributed by atoms with Gasteiger partial charge >= 0.3 is 0 Å². The zero-order valence-corrected chi connectivity index (χ0v) is 13.0. The summed E-state index contributed by atoms with van der Waals surface area (Å²) >= 11 is 0. The molecule has 0 aliphatic heterocycles. The average molecular weight is 259 g/mol. The van der Waals surface area contributed by atoms with Crippen LogP contribution in [-0.4, -0.2) is 6.04 Å². The van der Waals surface area contributed by atoms with Gasteiger partial charge in [0.2, 0.25) is 0 Å². The summed E-state index contributed by atoms with van der Waals surface area (Å²) in [5.41, 5.74) is 3.28. The highest BCUT2D eigenvalue weighted by atomic mass is 15.0. The maximum absolute atomic E-state index is 3.86. The van der Waals surface area contributed by atoms with E-state index in [0.717, 1.165) is 6.42 Å². The summed E-state index contributed by atoms with van der Waals surface area (Å²) in [6.45, 7) is 9.33. The quantitative estimate of drug-likeness (QED) is 0.813. The largest absolute Gasteiger partial charge is 0.307 e. The van der Waals surface area contributed by atoms with E-state index in [2.05, 4.69) is 57.3 Å². The first-order valence-corrected chi connectivity index (χ1v) is 7.88. The van der Waals surface area contributed by atoms with Crippen molar-refractivity contribution in [2.45, 2.75) is 71.9 Å². The predicted molar refractivity (Wildman–Crippen MR) is 83.4 cm³/mol. The Kier molecular flexibility index (Phi) is 4.67. The number of benzene rings is 1. The van der Waals surface area contributed by atoms with Gasteiger partial charge in [0.1, 0.15) is 0 Å². The lowest BCUT2D eigenvalue weighted by Gasteiger charge is -2.41. The van der Waals surface area contributed by atoms with Gasteiger partial charge in [0.25, 0.3) is 0 Å². The van der Waals surface area contributed by atoms with Gasteiger partial charge in [0, 0.05) is 12.1 Å². The van der Waals surface area contributed by atoms with Crippen molar-refractivity contribution in [3.05, 3.63) is 35.4 Å². The van der Waals surface area contributed by atoms with Crippen LogP contribution in [0.5, 0.6) is 0 Å². The summed E-state index contributed by atoms with van der Waals surface area (Å²) in [7, 11) is 0. The van der Waals surface area contributed by atoms with Crippen molar-refractivity contribution in [3.8, 4) is 0 Å². The van der Waals surface area contributed by atoms with Crippen molar-refractivity contribution >= 4 is 0 Å². The fourth-order valence-electron chi connectivity index (χ4n) is 3.24. The summed E-state index contributed by atoms with van der Waals surface area (Å²) in [4.78, 5) is 0. The molecule has 106 valence electrons. The fourth-order valence-corrected chi connectivity index (χ4v) is 3.24. The Balaban J connectivity index is 2.01. The van der Waals surface area contributed by atoms with E-state index in [9.17, 15) is 0 Å². The molecular formula is C18H29N. The summed E-state index contributed by atoms with van der Waals surface area (Å²) in [6, 6.07) is 10.2. The Labute approximate surface area is 118 Å². The Morgan fingerprint density at radius 3 is 2.47 bits per heavy atom. The second-order valence-corrected chi connectivity index (χ2v) is 6.77. The van der Waals surface area contributed by atoms with Crippen LogP contribution < -0.4 is 5.32 Å². The first kappa shape index (κ1) is 14.6.